The van der Waals surface area contributed by atoms with Gasteiger partial charge in [-0.05, 0) is 51.7 Å². The molecule has 1 aliphatic rings. The van der Waals surface area contributed by atoms with Crippen molar-refractivity contribution < 1.29 is 4.74 Å². The zero-order valence-electron chi connectivity index (χ0n) is 12.1. The molecule has 0 aromatic heterocycles. The monoisotopic (exact) mass is 346 g/mol. The highest BCUT2D eigenvalue weighted by Crippen LogP contribution is 2.30. The summed E-state index contributed by atoms with van der Waals surface area (Å²) in [5.74, 6) is 0.856. The fourth-order valence-electron chi connectivity index (χ4n) is 2.90. The minimum absolute atomic E-state index is 0.196. The molecule has 0 spiro atoms. The smallest absolute Gasteiger partial charge is 0.133 e. The Balaban J connectivity index is 1.86. The van der Waals surface area contributed by atoms with E-state index in [1.165, 1.54) is 16.8 Å². The van der Waals surface area contributed by atoms with E-state index in [4.69, 9.17) is 10.5 Å². The minimum atomic E-state index is 0.196. The molecule has 110 valence electrons. The van der Waals surface area contributed by atoms with Gasteiger partial charge in [0.15, 0.2) is 0 Å². The molecule has 0 fully saturated rings. The molecule has 3 nitrogen and oxygen atoms in total. The third-order valence-corrected chi connectivity index (χ3v) is 4.48. The van der Waals surface area contributed by atoms with Gasteiger partial charge < -0.3 is 15.4 Å². The maximum Gasteiger partial charge on any atom is 0.133 e. The first-order valence-electron chi connectivity index (χ1n) is 7.08. The molecule has 0 amide bonds. The Morgan fingerprint density at radius 2 is 2.10 bits per heavy atom. The Bertz CT molecular complexity index is 644. The summed E-state index contributed by atoms with van der Waals surface area (Å²) < 4.78 is 6.27. The number of benzene rings is 2. The summed E-state index contributed by atoms with van der Waals surface area (Å²) in [5.41, 5.74) is 10.1. The highest BCUT2D eigenvalue weighted by molar-refractivity contribution is 9.10. The van der Waals surface area contributed by atoms with Crippen molar-refractivity contribution >= 4 is 21.6 Å². The number of methoxy groups -OCH3 is 1. The third-order valence-electron chi connectivity index (χ3n) is 3.86. The first-order chi connectivity index (χ1) is 10.2. The van der Waals surface area contributed by atoms with Gasteiger partial charge in [0.2, 0.25) is 0 Å². The Kier molecular flexibility index (Phi) is 4.17. The van der Waals surface area contributed by atoms with Crippen molar-refractivity contribution in [3.05, 3.63) is 58.1 Å². The van der Waals surface area contributed by atoms with Crippen molar-refractivity contribution in [1.82, 2.24) is 0 Å². The summed E-state index contributed by atoms with van der Waals surface area (Å²) >= 11 is 3.55. The molecule has 0 saturated heterocycles. The molecule has 2 N–H and O–H groups in total. The van der Waals surface area contributed by atoms with Gasteiger partial charge in [-0.3, -0.25) is 0 Å². The van der Waals surface area contributed by atoms with E-state index in [1.807, 2.05) is 6.07 Å². The molecule has 3 rings (SSSR count). The highest BCUT2D eigenvalue weighted by Gasteiger charge is 2.21. The van der Waals surface area contributed by atoms with E-state index in [1.54, 1.807) is 7.11 Å². The molecule has 1 heterocycles. The van der Waals surface area contributed by atoms with Gasteiger partial charge in [0.05, 0.1) is 11.6 Å². The van der Waals surface area contributed by atoms with Crippen LogP contribution in [-0.2, 0) is 13.0 Å². The van der Waals surface area contributed by atoms with Gasteiger partial charge in [-0.25, -0.2) is 0 Å². The first-order valence-corrected chi connectivity index (χ1v) is 7.87. The van der Waals surface area contributed by atoms with E-state index in [0.29, 0.717) is 0 Å². The second-order valence-electron chi connectivity index (χ2n) is 5.44. The molecule has 1 atom stereocenters. The standard InChI is InChI=1S/C17H19BrN2O/c1-21-17-7-6-12(8-15(17)18)10-20-11-14(19)9-13-4-2-3-5-16(13)20/h2-8,14H,9-11,19H2,1H3. The van der Waals surface area contributed by atoms with Crippen LogP contribution in [0.5, 0.6) is 5.75 Å². The van der Waals surface area contributed by atoms with E-state index >= 15 is 0 Å². The summed E-state index contributed by atoms with van der Waals surface area (Å²) in [6, 6.07) is 14.9. The van der Waals surface area contributed by atoms with Crippen molar-refractivity contribution in [2.45, 2.75) is 19.0 Å². The van der Waals surface area contributed by atoms with Gasteiger partial charge in [0, 0.05) is 24.8 Å². The molecule has 0 aliphatic carbocycles. The number of ether oxygens (including phenoxy) is 1. The van der Waals surface area contributed by atoms with Crippen molar-refractivity contribution in [3.63, 3.8) is 0 Å². The fraction of sp³-hybridized carbons (Fsp3) is 0.294. The molecular formula is C17H19BrN2O. The van der Waals surface area contributed by atoms with Gasteiger partial charge in [-0.1, -0.05) is 24.3 Å². The lowest BCUT2D eigenvalue weighted by molar-refractivity contribution is 0.412. The normalized spacial score (nSPS) is 17.5. The van der Waals surface area contributed by atoms with Crippen LogP contribution in [0, 0.1) is 0 Å². The zero-order valence-corrected chi connectivity index (χ0v) is 13.6. The van der Waals surface area contributed by atoms with E-state index in [9.17, 15) is 0 Å². The number of nitrogens with two attached hydrogens (primary N) is 1. The lowest BCUT2D eigenvalue weighted by Crippen LogP contribution is -2.42. The molecule has 4 heteroatoms. The second-order valence-corrected chi connectivity index (χ2v) is 6.30. The Morgan fingerprint density at radius 3 is 2.86 bits per heavy atom. The average molecular weight is 347 g/mol. The van der Waals surface area contributed by atoms with Crippen molar-refractivity contribution in [2.24, 2.45) is 5.73 Å². The first kappa shape index (κ1) is 14.4. The molecule has 0 saturated carbocycles. The van der Waals surface area contributed by atoms with Crippen molar-refractivity contribution in [3.8, 4) is 5.75 Å². The van der Waals surface area contributed by atoms with Crippen LogP contribution < -0.4 is 15.4 Å². The molecule has 2 aromatic rings. The van der Waals surface area contributed by atoms with Crippen LogP contribution in [0.15, 0.2) is 46.9 Å². The van der Waals surface area contributed by atoms with Crippen LogP contribution in [0.1, 0.15) is 11.1 Å². The van der Waals surface area contributed by atoms with Gasteiger partial charge in [-0.2, -0.15) is 0 Å². The topological polar surface area (TPSA) is 38.5 Å². The molecule has 21 heavy (non-hydrogen) atoms. The fourth-order valence-corrected chi connectivity index (χ4v) is 3.49. The van der Waals surface area contributed by atoms with Crippen LogP contribution in [0.25, 0.3) is 0 Å². The predicted molar refractivity (Wildman–Crippen MR) is 89.9 cm³/mol. The number of rotatable bonds is 3. The largest absolute Gasteiger partial charge is 0.496 e. The van der Waals surface area contributed by atoms with Gasteiger partial charge in [-0.15, -0.1) is 0 Å². The zero-order chi connectivity index (χ0) is 14.8. The lowest BCUT2D eigenvalue weighted by Gasteiger charge is -2.34. The lowest BCUT2D eigenvalue weighted by atomic mass is 9.98. The minimum Gasteiger partial charge on any atom is -0.496 e. The van der Waals surface area contributed by atoms with Crippen LogP contribution in [-0.4, -0.2) is 19.7 Å². The van der Waals surface area contributed by atoms with Crippen molar-refractivity contribution in [2.75, 3.05) is 18.6 Å². The third kappa shape index (κ3) is 3.06. The Morgan fingerprint density at radius 1 is 1.29 bits per heavy atom. The number of nitrogens with zero attached hydrogens (tertiary/aromatic N) is 1. The highest BCUT2D eigenvalue weighted by atomic mass is 79.9. The van der Waals surface area contributed by atoms with Gasteiger partial charge >= 0.3 is 0 Å². The number of hydrogen-bond donors (Lipinski definition) is 1. The Hall–Kier alpha value is -1.52. The number of para-hydroxylation sites is 1. The molecule has 2 aromatic carbocycles. The molecule has 0 bridgehead atoms. The van der Waals surface area contributed by atoms with Gasteiger partial charge in [0.1, 0.15) is 5.75 Å². The Labute approximate surface area is 133 Å². The SMILES string of the molecule is COc1ccc(CN2CC(N)Cc3ccccc32)cc1Br. The van der Waals surface area contributed by atoms with E-state index < -0.39 is 0 Å². The van der Waals surface area contributed by atoms with E-state index in [0.717, 1.165) is 29.7 Å². The molecule has 1 aliphatic heterocycles. The van der Waals surface area contributed by atoms with Crippen molar-refractivity contribution in [1.29, 1.82) is 0 Å². The average Bonchev–Trinajstić information content (AvgIpc) is 2.47. The van der Waals surface area contributed by atoms with Crippen LogP contribution in [0.2, 0.25) is 0 Å². The maximum absolute atomic E-state index is 6.20. The second kappa shape index (κ2) is 6.08. The summed E-state index contributed by atoms with van der Waals surface area (Å²) in [7, 11) is 1.68. The van der Waals surface area contributed by atoms with Crippen LogP contribution >= 0.6 is 15.9 Å². The van der Waals surface area contributed by atoms with Crippen LogP contribution in [0.3, 0.4) is 0 Å². The number of hydrogen-bond acceptors (Lipinski definition) is 3. The predicted octanol–water partition coefficient (Wildman–Crippen LogP) is 3.35. The molecule has 0 radical (unpaired) electrons. The quantitative estimate of drug-likeness (QED) is 0.926. The number of fused-ring (bicyclic) bond motifs is 1. The summed E-state index contributed by atoms with van der Waals surface area (Å²) in [5, 5.41) is 0. The van der Waals surface area contributed by atoms with Crippen LogP contribution in [0.4, 0.5) is 5.69 Å². The summed E-state index contributed by atoms with van der Waals surface area (Å²) in [6.45, 7) is 1.74. The van der Waals surface area contributed by atoms with E-state index in [-0.39, 0.29) is 6.04 Å². The summed E-state index contributed by atoms with van der Waals surface area (Å²) in [6.07, 6.45) is 0.957. The van der Waals surface area contributed by atoms with Gasteiger partial charge in [0.25, 0.3) is 0 Å². The number of anilines is 1. The van der Waals surface area contributed by atoms with E-state index in [2.05, 4.69) is 57.2 Å². The number of halogens is 1. The summed E-state index contributed by atoms with van der Waals surface area (Å²) in [4.78, 5) is 2.36. The maximum atomic E-state index is 6.20. The molecular weight excluding hydrogens is 328 g/mol. The molecule has 1 unspecified atom stereocenters.